The summed E-state index contributed by atoms with van der Waals surface area (Å²) in [4.78, 5) is 21.6. The molecule has 1 N–H and O–H groups in total. The Kier molecular flexibility index (Phi) is 4.40. The Morgan fingerprint density at radius 1 is 1.12 bits per heavy atom. The molecule has 4 rings (SSSR count). The Labute approximate surface area is 162 Å². The molecule has 0 saturated heterocycles. The molecular formula is C18H12Cl2N4OS. The zero-order chi connectivity index (χ0) is 18.3. The summed E-state index contributed by atoms with van der Waals surface area (Å²) in [6.07, 6.45) is 1.46. The summed E-state index contributed by atoms with van der Waals surface area (Å²) in [5.41, 5.74) is 2.56. The third-order valence-corrected chi connectivity index (χ3v) is 5.35. The molecule has 0 aliphatic heterocycles. The Balaban J connectivity index is 1.79. The molecule has 0 radical (unpaired) electrons. The Morgan fingerprint density at radius 2 is 1.88 bits per heavy atom. The van der Waals surface area contributed by atoms with E-state index < -0.39 is 0 Å². The van der Waals surface area contributed by atoms with Crippen molar-refractivity contribution in [2.75, 3.05) is 5.32 Å². The van der Waals surface area contributed by atoms with Crippen molar-refractivity contribution in [3.05, 3.63) is 74.8 Å². The summed E-state index contributed by atoms with van der Waals surface area (Å²) < 4.78 is 1.92. The number of rotatable bonds is 3. The van der Waals surface area contributed by atoms with Crippen molar-refractivity contribution < 1.29 is 0 Å². The molecular weight excluding hydrogens is 391 g/mol. The van der Waals surface area contributed by atoms with E-state index in [9.17, 15) is 4.79 Å². The highest BCUT2D eigenvalue weighted by molar-refractivity contribution is 7.22. The van der Waals surface area contributed by atoms with Gasteiger partial charge < -0.3 is 5.32 Å². The van der Waals surface area contributed by atoms with Crippen molar-refractivity contribution in [2.24, 2.45) is 0 Å². The van der Waals surface area contributed by atoms with Crippen molar-refractivity contribution >= 4 is 55.7 Å². The van der Waals surface area contributed by atoms with Gasteiger partial charge in [-0.2, -0.15) is 4.98 Å². The lowest BCUT2D eigenvalue weighted by Crippen LogP contribution is -2.19. The molecule has 0 amide bonds. The molecule has 2 heterocycles. The molecule has 26 heavy (non-hydrogen) atoms. The number of aryl methyl sites for hydroxylation is 1. The molecule has 0 aliphatic carbocycles. The van der Waals surface area contributed by atoms with Gasteiger partial charge in [-0.1, -0.05) is 46.7 Å². The van der Waals surface area contributed by atoms with E-state index in [4.69, 9.17) is 23.2 Å². The van der Waals surface area contributed by atoms with Gasteiger partial charge in [0.15, 0.2) is 10.8 Å². The first-order valence-electron chi connectivity index (χ1n) is 7.69. The maximum absolute atomic E-state index is 12.9. The lowest BCUT2D eigenvalue weighted by Gasteiger charge is -2.10. The van der Waals surface area contributed by atoms with Crippen molar-refractivity contribution in [3.8, 4) is 5.69 Å². The number of hydrogen-bond donors (Lipinski definition) is 1. The van der Waals surface area contributed by atoms with Crippen LogP contribution in [0.15, 0.2) is 53.6 Å². The van der Waals surface area contributed by atoms with Crippen molar-refractivity contribution in [1.82, 2.24) is 14.5 Å². The van der Waals surface area contributed by atoms with Crippen LogP contribution in [0.5, 0.6) is 0 Å². The van der Waals surface area contributed by atoms with Crippen molar-refractivity contribution in [3.63, 3.8) is 0 Å². The number of para-hydroxylation sites is 1. The van der Waals surface area contributed by atoms with Gasteiger partial charge in [0.1, 0.15) is 11.0 Å². The van der Waals surface area contributed by atoms with Crippen LogP contribution in [0, 0.1) is 6.92 Å². The van der Waals surface area contributed by atoms with Crippen LogP contribution in [0.2, 0.25) is 10.0 Å². The molecule has 8 heteroatoms. The van der Waals surface area contributed by atoms with Crippen LogP contribution in [0.4, 0.5) is 10.8 Å². The molecule has 4 aromatic rings. The molecule has 130 valence electrons. The van der Waals surface area contributed by atoms with Crippen molar-refractivity contribution in [1.29, 1.82) is 0 Å². The smallest absolute Gasteiger partial charge is 0.277 e. The van der Waals surface area contributed by atoms with E-state index in [1.165, 1.54) is 22.2 Å². The monoisotopic (exact) mass is 402 g/mol. The van der Waals surface area contributed by atoms with Gasteiger partial charge in [-0.25, -0.2) is 4.98 Å². The summed E-state index contributed by atoms with van der Waals surface area (Å²) in [6, 6.07) is 12.7. The molecule has 0 saturated carbocycles. The second kappa shape index (κ2) is 6.72. The fourth-order valence-corrected chi connectivity index (χ4v) is 3.92. The summed E-state index contributed by atoms with van der Waals surface area (Å²) in [7, 11) is 0. The van der Waals surface area contributed by atoms with E-state index in [0.717, 1.165) is 11.3 Å². The fourth-order valence-electron chi connectivity index (χ4n) is 2.61. The zero-order valence-electron chi connectivity index (χ0n) is 13.5. The highest BCUT2D eigenvalue weighted by atomic mass is 35.5. The summed E-state index contributed by atoms with van der Waals surface area (Å²) in [5.74, 6) is 0. The second-order valence-electron chi connectivity index (χ2n) is 5.63. The van der Waals surface area contributed by atoms with Crippen molar-refractivity contribution in [2.45, 2.75) is 6.92 Å². The number of fused-ring (bicyclic) bond motifs is 1. The lowest BCUT2D eigenvalue weighted by molar-refractivity contribution is 0.952. The number of nitrogens with one attached hydrogen (secondary N) is 1. The fraction of sp³-hybridized carbons (Fsp3) is 0.0556. The average molecular weight is 403 g/mol. The van der Waals surface area contributed by atoms with Crippen LogP contribution in [0.25, 0.3) is 16.0 Å². The maximum atomic E-state index is 12.9. The number of hydrogen-bond acceptors (Lipinski definition) is 5. The Morgan fingerprint density at radius 3 is 2.62 bits per heavy atom. The van der Waals surface area contributed by atoms with Crippen LogP contribution in [0.3, 0.4) is 0 Å². The van der Waals surface area contributed by atoms with Gasteiger partial charge in [0, 0.05) is 10.7 Å². The predicted molar refractivity (Wildman–Crippen MR) is 107 cm³/mol. The largest absolute Gasteiger partial charge is 0.331 e. The van der Waals surface area contributed by atoms with Gasteiger partial charge in [0.05, 0.1) is 10.7 Å². The number of nitrogens with zero attached hydrogens (tertiary/aromatic N) is 3. The standard InChI is InChI=1S/C18H12Cl2N4OS/c1-10-3-2-4-13(20)14(10)24-9-21-16-15(17(24)25)26-18(23-16)22-12-7-5-11(19)6-8-12/h2-9H,1H3,(H,22,23). The van der Waals surface area contributed by atoms with Gasteiger partial charge in [-0.3, -0.25) is 9.36 Å². The number of thiazole rings is 1. The van der Waals surface area contributed by atoms with Crippen LogP contribution >= 0.6 is 34.5 Å². The molecule has 0 atom stereocenters. The Hall–Kier alpha value is -2.41. The number of aromatic nitrogens is 3. The van der Waals surface area contributed by atoms with Crippen LogP contribution in [0.1, 0.15) is 5.56 Å². The Bertz CT molecular complexity index is 1150. The number of halogens is 2. The van der Waals surface area contributed by atoms with E-state index >= 15 is 0 Å². The van der Waals surface area contributed by atoms with E-state index in [1.54, 1.807) is 18.2 Å². The first kappa shape index (κ1) is 17.0. The summed E-state index contributed by atoms with van der Waals surface area (Å²) in [5, 5.41) is 4.90. The van der Waals surface area contributed by atoms with E-state index in [-0.39, 0.29) is 5.56 Å². The highest BCUT2D eigenvalue weighted by Crippen LogP contribution is 2.27. The van der Waals surface area contributed by atoms with E-state index in [0.29, 0.717) is 31.2 Å². The maximum Gasteiger partial charge on any atom is 0.277 e. The van der Waals surface area contributed by atoms with E-state index in [1.807, 2.05) is 31.2 Å². The molecule has 0 unspecified atom stereocenters. The number of anilines is 2. The lowest BCUT2D eigenvalue weighted by atomic mass is 10.2. The van der Waals surface area contributed by atoms with E-state index in [2.05, 4.69) is 15.3 Å². The molecule has 0 bridgehead atoms. The third kappa shape index (κ3) is 3.07. The molecule has 0 spiro atoms. The minimum absolute atomic E-state index is 0.201. The van der Waals surface area contributed by atoms with Crippen LogP contribution in [-0.4, -0.2) is 14.5 Å². The van der Waals surface area contributed by atoms with Gasteiger partial charge in [-0.05, 0) is 42.8 Å². The average Bonchev–Trinajstić information content (AvgIpc) is 3.02. The minimum atomic E-state index is -0.201. The molecule has 0 fully saturated rings. The SMILES string of the molecule is Cc1cccc(Cl)c1-n1cnc2nc(Nc3ccc(Cl)cc3)sc2c1=O. The topological polar surface area (TPSA) is 59.8 Å². The predicted octanol–water partition coefficient (Wildman–Crippen LogP) is 5.20. The quantitative estimate of drug-likeness (QED) is 0.511. The third-order valence-electron chi connectivity index (χ3n) is 3.84. The molecule has 2 aromatic carbocycles. The van der Waals surface area contributed by atoms with Gasteiger partial charge >= 0.3 is 0 Å². The molecule has 2 aromatic heterocycles. The highest BCUT2D eigenvalue weighted by Gasteiger charge is 2.14. The van der Waals surface area contributed by atoms with Gasteiger partial charge in [0.25, 0.3) is 5.56 Å². The zero-order valence-corrected chi connectivity index (χ0v) is 15.9. The molecule has 5 nitrogen and oxygen atoms in total. The van der Waals surface area contributed by atoms with Gasteiger partial charge in [-0.15, -0.1) is 0 Å². The van der Waals surface area contributed by atoms with Gasteiger partial charge in [0.2, 0.25) is 0 Å². The first-order chi connectivity index (χ1) is 12.5. The second-order valence-corrected chi connectivity index (χ2v) is 7.47. The van der Waals surface area contributed by atoms with Crippen LogP contribution in [-0.2, 0) is 0 Å². The summed E-state index contributed by atoms with van der Waals surface area (Å²) >= 11 is 13.4. The normalized spacial score (nSPS) is 11.0. The summed E-state index contributed by atoms with van der Waals surface area (Å²) in [6.45, 7) is 1.90. The minimum Gasteiger partial charge on any atom is -0.331 e. The van der Waals surface area contributed by atoms with Crippen LogP contribution < -0.4 is 10.9 Å². The number of benzene rings is 2. The first-order valence-corrected chi connectivity index (χ1v) is 9.26. The molecule has 0 aliphatic rings.